The Labute approximate surface area is 153 Å². The first-order chi connectivity index (χ1) is 12.3. The molecule has 2 aromatic rings. The molecule has 27 heavy (non-hydrogen) atoms. The van der Waals surface area contributed by atoms with E-state index < -0.39 is 32.9 Å². The van der Waals surface area contributed by atoms with Crippen molar-refractivity contribution in [3.05, 3.63) is 57.9 Å². The van der Waals surface area contributed by atoms with Gasteiger partial charge in [0.25, 0.3) is 0 Å². The lowest BCUT2D eigenvalue weighted by Gasteiger charge is -2.18. The smallest absolute Gasteiger partial charge is 0.478 e. The molecule has 0 aliphatic heterocycles. The fourth-order valence-electron chi connectivity index (χ4n) is 2.39. The Morgan fingerprint density at radius 2 is 1.81 bits per heavy atom. The number of alkyl halides is 3. The van der Waals surface area contributed by atoms with E-state index in [4.69, 9.17) is 0 Å². The summed E-state index contributed by atoms with van der Waals surface area (Å²) in [6.07, 6.45) is 1.87. The molecule has 146 valence electrons. The molecule has 1 heterocycles. The predicted molar refractivity (Wildman–Crippen MR) is 90.3 cm³/mol. The number of rotatable bonds is 5. The molecule has 6 nitrogen and oxygen atoms in total. The summed E-state index contributed by atoms with van der Waals surface area (Å²) in [6.45, 7) is 4.65. The van der Waals surface area contributed by atoms with Crippen molar-refractivity contribution >= 4 is 16.1 Å². The molecule has 0 radical (unpaired) electrons. The third kappa shape index (κ3) is 4.38. The van der Waals surface area contributed by atoms with Crippen molar-refractivity contribution in [1.29, 1.82) is 0 Å². The average Bonchev–Trinajstić information content (AvgIpc) is 2.55. The number of aromatic nitrogens is 1. The summed E-state index contributed by atoms with van der Waals surface area (Å²) < 4.78 is 64.6. The second-order valence-electron chi connectivity index (χ2n) is 5.94. The Kier molecular flexibility index (Phi) is 5.50. The fourth-order valence-corrected chi connectivity index (χ4v) is 2.92. The van der Waals surface area contributed by atoms with Crippen LogP contribution >= 0.6 is 0 Å². The van der Waals surface area contributed by atoms with Crippen LogP contribution in [0.3, 0.4) is 0 Å². The molecule has 0 saturated carbocycles. The van der Waals surface area contributed by atoms with E-state index in [1.54, 1.807) is 32.2 Å². The van der Waals surface area contributed by atoms with Crippen LogP contribution in [0, 0.1) is 20.8 Å². The van der Waals surface area contributed by atoms with Gasteiger partial charge >= 0.3 is 21.6 Å². The van der Waals surface area contributed by atoms with E-state index in [-0.39, 0.29) is 12.0 Å². The molecule has 0 amide bonds. The van der Waals surface area contributed by atoms with Crippen LogP contribution in [0.2, 0.25) is 0 Å². The zero-order valence-corrected chi connectivity index (χ0v) is 15.4. The van der Waals surface area contributed by atoms with Crippen molar-refractivity contribution in [1.82, 2.24) is 4.98 Å². The van der Waals surface area contributed by atoms with E-state index >= 15 is 0 Å². The molecule has 0 spiro atoms. The third-order valence-electron chi connectivity index (χ3n) is 4.02. The molecule has 0 bridgehead atoms. The zero-order valence-electron chi connectivity index (χ0n) is 14.6. The summed E-state index contributed by atoms with van der Waals surface area (Å²) in [5, 5.41) is 9.34. The molecule has 10 heteroatoms. The molecule has 1 aromatic heterocycles. The van der Waals surface area contributed by atoms with Gasteiger partial charge in [-0.25, -0.2) is 4.79 Å². The molecule has 1 N–H and O–H groups in total. The van der Waals surface area contributed by atoms with Crippen LogP contribution in [0.25, 0.3) is 0 Å². The molecule has 0 atom stereocenters. The van der Waals surface area contributed by atoms with E-state index in [1.165, 1.54) is 6.92 Å². The van der Waals surface area contributed by atoms with E-state index in [2.05, 4.69) is 9.17 Å². The minimum Gasteiger partial charge on any atom is -0.478 e. The normalized spacial score (nSPS) is 12.1. The van der Waals surface area contributed by atoms with E-state index in [9.17, 15) is 31.5 Å². The van der Waals surface area contributed by atoms with Gasteiger partial charge in [0.15, 0.2) is 5.75 Å². The standard InChI is InChI=1S/C17H16F3NO5S/c1-9-4-5-12(8-21-9)6-13-7-14(16(22)23)15(11(3)10(13)2)26-27(24,25)17(18,19)20/h4-5,7-8H,6H2,1-3H3,(H,22,23). The minimum atomic E-state index is -6.00. The van der Waals surface area contributed by atoms with Crippen molar-refractivity contribution in [3.63, 3.8) is 0 Å². The lowest BCUT2D eigenvalue weighted by molar-refractivity contribution is -0.0500. The Morgan fingerprint density at radius 3 is 2.30 bits per heavy atom. The number of nitrogens with zero attached hydrogens (tertiary/aromatic N) is 1. The Balaban J connectivity index is 2.56. The van der Waals surface area contributed by atoms with Gasteiger partial charge in [0.2, 0.25) is 0 Å². The van der Waals surface area contributed by atoms with Gasteiger partial charge in [-0.15, -0.1) is 0 Å². The van der Waals surface area contributed by atoms with Gasteiger partial charge in [0.1, 0.15) is 5.56 Å². The second-order valence-corrected chi connectivity index (χ2v) is 7.47. The first-order valence-electron chi connectivity index (χ1n) is 7.62. The largest absolute Gasteiger partial charge is 0.534 e. The Hall–Kier alpha value is -2.62. The van der Waals surface area contributed by atoms with Gasteiger partial charge in [-0.3, -0.25) is 4.98 Å². The van der Waals surface area contributed by atoms with Gasteiger partial charge in [-0.1, -0.05) is 6.07 Å². The van der Waals surface area contributed by atoms with Gasteiger partial charge in [0.05, 0.1) is 0 Å². The van der Waals surface area contributed by atoms with E-state index in [1.807, 2.05) is 0 Å². The van der Waals surface area contributed by atoms with Crippen LogP contribution in [-0.4, -0.2) is 30.0 Å². The maximum Gasteiger partial charge on any atom is 0.534 e. The van der Waals surface area contributed by atoms with Gasteiger partial charge < -0.3 is 9.29 Å². The molecule has 1 aromatic carbocycles. The molecule has 0 unspecified atom stereocenters. The number of aryl methyl sites for hydroxylation is 1. The summed E-state index contributed by atoms with van der Waals surface area (Å²) in [6, 6.07) is 4.67. The summed E-state index contributed by atoms with van der Waals surface area (Å²) in [7, 11) is -6.00. The molecule has 2 rings (SSSR count). The molecule has 0 aliphatic carbocycles. The maximum atomic E-state index is 12.6. The van der Waals surface area contributed by atoms with E-state index in [0.717, 1.165) is 17.3 Å². The third-order valence-corrected chi connectivity index (χ3v) is 4.98. The van der Waals surface area contributed by atoms with Crippen molar-refractivity contribution in [3.8, 4) is 5.75 Å². The molecular formula is C17H16F3NO5S. The highest BCUT2D eigenvalue weighted by Gasteiger charge is 2.49. The summed E-state index contributed by atoms with van der Waals surface area (Å²) in [5.74, 6) is -2.45. The molecule has 0 aliphatic rings. The summed E-state index contributed by atoms with van der Waals surface area (Å²) in [4.78, 5) is 15.6. The van der Waals surface area contributed by atoms with Crippen LogP contribution in [0.5, 0.6) is 5.75 Å². The minimum absolute atomic E-state index is 0.00204. The monoisotopic (exact) mass is 403 g/mol. The predicted octanol–water partition coefficient (Wildman–Crippen LogP) is 3.52. The van der Waals surface area contributed by atoms with Crippen LogP contribution in [0.1, 0.15) is 38.3 Å². The Morgan fingerprint density at radius 1 is 1.19 bits per heavy atom. The summed E-state index contributed by atoms with van der Waals surface area (Å²) >= 11 is 0. The van der Waals surface area contributed by atoms with Gasteiger partial charge in [0, 0.05) is 11.9 Å². The van der Waals surface area contributed by atoms with Crippen molar-refractivity contribution in [2.24, 2.45) is 0 Å². The van der Waals surface area contributed by atoms with Crippen LogP contribution in [-0.2, 0) is 16.5 Å². The van der Waals surface area contributed by atoms with Gasteiger partial charge in [-0.05, 0) is 61.6 Å². The van der Waals surface area contributed by atoms with Crippen LogP contribution in [0.4, 0.5) is 13.2 Å². The topological polar surface area (TPSA) is 93.6 Å². The number of hydrogen-bond donors (Lipinski definition) is 1. The highest BCUT2D eigenvalue weighted by Crippen LogP contribution is 2.35. The molecule has 0 fully saturated rings. The first kappa shape index (κ1) is 20.7. The van der Waals surface area contributed by atoms with Crippen molar-refractivity contribution in [2.75, 3.05) is 0 Å². The number of halogens is 3. The maximum absolute atomic E-state index is 12.6. The molecular weight excluding hydrogens is 387 g/mol. The SMILES string of the molecule is Cc1ccc(Cc2cc(C(=O)O)c(OS(=O)(=O)C(F)(F)F)c(C)c2C)cn1. The van der Waals surface area contributed by atoms with Gasteiger partial charge in [-0.2, -0.15) is 21.6 Å². The van der Waals surface area contributed by atoms with Crippen LogP contribution < -0.4 is 4.18 Å². The highest BCUT2D eigenvalue weighted by atomic mass is 32.2. The quantitative estimate of drug-likeness (QED) is 0.606. The lowest BCUT2D eigenvalue weighted by Crippen LogP contribution is -2.29. The number of carboxylic acids is 1. The number of carbonyl (C=O) groups is 1. The number of aromatic carboxylic acids is 1. The first-order valence-corrected chi connectivity index (χ1v) is 9.03. The molecule has 0 saturated heterocycles. The van der Waals surface area contributed by atoms with E-state index in [0.29, 0.717) is 11.1 Å². The Bertz CT molecular complexity index is 983. The van der Waals surface area contributed by atoms with Crippen molar-refractivity contribution in [2.45, 2.75) is 32.7 Å². The fraction of sp³-hybridized carbons (Fsp3) is 0.294. The van der Waals surface area contributed by atoms with Crippen molar-refractivity contribution < 1.29 is 35.7 Å². The summed E-state index contributed by atoms with van der Waals surface area (Å²) in [5.41, 5.74) is -3.86. The number of benzene rings is 1. The average molecular weight is 403 g/mol. The van der Waals surface area contributed by atoms with Crippen LogP contribution in [0.15, 0.2) is 24.4 Å². The zero-order chi connectivity index (χ0) is 20.6. The number of pyridine rings is 1. The highest BCUT2D eigenvalue weighted by molar-refractivity contribution is 7.88. The number of carboxylic acid groups (broad SMARTS) is 1. The number of hydrogen-bond acceptors (Lipinski definition) is 5. The lowest BCUT2D eigenvalue weighted by atomic mass is 9.94. The second kappa shape index (κ2) is 7.18.